The number of carbonyl (C=O) groups is 1. The molecule has 6 nitrogen and oxygen atoms in total. The fraction of sp³-hybridized carbons (Fsp3) is 0.412. The van der Waals surface area contributed by atoms with Crippen LogP contribution in [0.15, 0.2) is 24.5 Å². The number of nitrogens with one attached hydrogen (secondary N) is 2. The van der Waals surface area contributed by atoms with E-state index in [0.717, 1.165) is 17.7 Å². The predicted molar refractivity (Wildman–Crippen MR) is 101 cm³/mol. The maximum Gasteiger partial charge on any atom is 0.229 e. The molecule has 0 radical (unpaired) electrons. The molecule has 0 spiro atoms. The van der Waals surface area contributed by atoms with E-state index >= 15 is 0 Å². The van der Waals surface area contributed by atoms with Gasteiger partial charge in [-0.25, -0.2) is 0 Å². The third-order valence-electron chi connectivity index (χ3n) is 4.44. The highest BCUT2D eigenvalue weighted by atomic mass is 35.5. The number of aromatic nitrogens is 2. The van der Waals surface area contributed by atoms with Gasteiger partial charge >= 0.3 is 0 Å². The second kappa shape index (κ2) is 8.08. The zero-order chi connectivity index (χ0) is 17.3. The van der Waals surface area contributed by atoms with Crippen LogP contribution >= 0.6 is 24.0 Å². The number of anilines is 1. The monoisotopic (exact) mass is 384 g/mol. The standard InChI is InChI=1S/C17H21ClN4O2.ClH/c1-10-4-15(16(24-3)5-14(10)18)21-17(23)13-8-19-7-12(13)11-6-20-22(2)9-11;/h4-6,9,12-13,19H,7-8H2,1-3H3,(H,21,23);1H/t12-,13+;/m1./s1. The Morgan fingerprint density at radius 1 is 1.44 bits per heavy atom. The lowest BCUT2D eigenvalue weighted by Crippen LogP contribution is -2.28. The molecule has 1 aliphatic heterocycles. The lowest BCUT2D eigenvalue weighted by atomic mass is 9.90. The maximum atomic E-state index is 12.8. The normalized spacial score (nSPS) is 19.4. The summed E-state index contributed by atoms with van der Waals surface area (Å²) in [5, 5.41) is 11.1. The van der Waals surface area contributed by atoms with Crippen LogP contribution in [0.4, 0.5) is 5.69 Å². The van der Waals surface area contributed by atoms with Crippen LogP contribution < -0.4 is 15.4 Å². The molecule has 0 unspecified atom stereocenters. The molecule has 0 aliphatic carbocycles. The molecular formula is C17H22Cl2N4O2. The largest absolute Gasteiger partial charge is 0.495 e. The van der Waals surface area contributed by atoms with E-state index in [4.69, 9.17) is 16.3 Å². The van der Waals surface area contributed by atoms with E-state index in [9.17, 15) is 4.79 Å². The zero-order valence-electron chi connectivity index (χ0n) is 14.4. The fourth-order valence-corrected chi connectivity index (χ4v) is 3.24. The lowest BCUT2D eigenvalue weighted by molar-refractivity contribution is -0.119. The van der Waals surface area contributed by atoms with Gasteiger partial charge in [-0.3, -0.25) is 9.48 Å². The van der Waals surface area contributed by atoms with Crippen molar-refractivity contribution in [3.05, 3.63) is 40.7 Å². The SMILES string of the molecule is COc1cc(Cl)c(C)cc1NC(=O)[C@H]1CNC[C@@H]1c1cnn(C)c1.Cl. The fourth-order valence-electron chi connectivity index (χ4n) is 3.09. The molecule has 2 aromatic rings. The Morgan fingerprint density at radius 2 is 2.20 bits per heavy atom. The number of hydrogen-bond donors (Lipinski definition) is 2. The van der Waals surface area contributed by atoms with Gasteiger partial charge in [0.15, 0.2) is 0 Å². The molecule has 1 aromatic carbocycles. The van der Waals surface area contributed by atoms with E-state index in [1.807, 2.05) is 32.4 Å². The summed E-state index contributed by atoms with van der Waals surface area (Å²) in [5.74, 6) is 0.477. The van der Waals surface area contributed by atoms with Gasteiger partial charge in [-0.2, -0.15) is 5.10 Å². The van der Waals surface area contributed by atoms with E-state index in [-0.39, 0.29) is 30.2 Å². The summed E-state index contributed by atoms with van der Waals surface area (Å²) >= 11 is 6.12. The Hall–Kier alpha value is -1.76. The first-order valence-electron chi connectivity index (χ1n) is 7.84. The van der Waals surface area contributed by atoms with E-state index in [1.165, 1.54) is 0 Å². The minimum Gasteiger partial charge on any atom is -0.495 e. The van der Waals surface area contributed by atoms with Crippen molar-refractivity contribution in [2.75, 3.05) is 25.5 Å². The Bertz CT molecular complexity index is 763. The molecular weight excluding hydrogens is 363 g/mol. The van der Waals surface area contributed by atoms with Crippen molar-refractivity contribution in [2.45, 2.75) is 12.8 Å². The van der Waals surface area contributed by atoms with Crippen molar-refractivity contribution in [3.8, 4) is 5.75 Å². The number of methoxy groups -OCH3 is 1. The third-order valence-corrected chi connectivity index (χ3v) is 4.85. The second-order valence-electron chi connectivity index (χ2n) is 6.11. The van der Waals surface area contributed by atoms with Gasteiger partial charge in [-0.05, 0) is 24.1 Å². The van der Waals surface area contributed by atoms with Gasteiger partial charge in [0.1, 0.15) is 5.75 Å². The maximum absolute atomic E-state index is 12.8. The molecule has 3 rings (SSSR count). The first-order chi connectivity index (χ1) is 11.5. The van der Waals surface area contributed by atoms with E-state index < -0.39 is 0 Å². The minimum absolute atomic E-state index is 0. The first-order valence-corrected chi connectivity index (χ1v) is 8.21. The highest BCUT2D eigenvalue weighted by Gasteiger charge is 2.35. The Morgan fingerprint density at radius 3 is 2.84 bits per heavy atom. The molecule has 1 fully saturated rings. The van der Waals surface area contributed by atoms with Crippen LogP contribution in [0, 0.1) is 12.8 Å². The van der Waals surface area contributed by atoms with Crippen molar-refractivity contribution in [1.29, 1.82) is 0 Å². The number of rotatable bonds is 4. The highest BCUT2D eigenvalue weighted by Crippen LogP contribution is 2.33. The van der Waals surface area contributed by atoms with Crippen molar-refractivity contribution >= 4 is 35.6 Å². The van der Waals surface area contributed by atoms with Gasteiger partial charge in [-0.1, -0.05) is 11.6 Å². The number of ether oxygens (including phenoxy) is 1. The predicted octanol–water partition coefficient (Wildman–Crippen LogP) is 2.75. The van der Waals surface area contributed by atoms with Crippen LogP contribution in [0.25, 0.3) is 0 Å². The quantitative estimate of drug-likeness (QED) is 0.850. The summed E-state index contributed by atoms with van der Waals surface area (Å²) in [6.07, 6.45) is 3.79. The van der Waals surface area contributed by atoms with Crippen LogP contribution in [0.5, 0.6) is 5.75 Å². The number of benzene rings is 1. The molecule has 1 amide bonds. The summed E-state index contributed by atoms with van der Waals surface area (Å²) < 4.78 is 7.09. The van der Waals surface area contributed by atoms with Crippen LogP contribution in [-0.4, -0.2) is 35.9 Å². The molecule has 1 aliphatic rings. The Labute approximate surface area is 158 Å². The molecule has 8 heteroatoms. The van der Waals surface area contributed by atoms with Crippen molar-refractivity contribution < 1.29 is 9.53 Å². The number of halogens is 2. The summed E-state index contributed by atoms with van der Waals surface area (Å²) in [7, 11) is 3.44. The van der Waals surface area contributed by atoms with Gasteiger partial charge < -0.3 is 15.4 Å². The summed E-state index contributed by atoms with van der Waals surface area (Å²) in [6, 6.07) is 3.55. The van der Waals surface area contributed by atoms with Crippen molar-refractivity contribution in [3.63, 3.8) is 0 Å². The van der Waals surface area contributed by atoms with E-state index in [1.54, 1.807) is 17.9 Å². The number of hydrogen-bond acceptors (Lipinski definition) is 4. The molecule has 0 saturated carbocycles. The lowest BCUT2D eigenvalue weighted by Gasteiger charge is -2.18. The van der Waals surface area contributed by atoms with Crippen LogP contribution in [0.2, 0.25) is 5.02 Å². The van der Waals surface area contributed by atoms with Crippen LogP contribution in [0.1, 0.15) is 17.0 Å². The Balaban J connectivity index is 0.00000225. The molecule has 2 heterocycles. The van der Waals surface area contributed by atoms with Gasteiger partial charge in [0.05, 0.1) is 24.9 Å². The minimum atomic E-state index is -0.158. The number of amides is 1. The number of carbonyl (C=O) groups excluding carboxylic acids is 1. The average Bonchev–Trinajstić information content (AvgIpc) is 3.19. The van der Waals surface area contributed by atoms with E-state index in [2.05, 4.69) is 15.7 Å². The molecule has 136 valence electrons. The van der Waals surface area contributed by atoms with Gasteiger partial charge in [0, 0.05) is 43.3 Å². The number of aryl methyl sites for hydroxylation is 2. The highest BCUT2D eigenvalue weighted by molar-refractivity contribution is 6.31. The van der Waals surface area contributed by atoms with E-state index in [0.29, 0.717) is 23.0 Å². The Kier molecular flexibility index (Phi) is 6.32. The summed E-state index contributed by atoms with van der Waals surface area (Å²) in [4.78, 5) is 12.8. The van der Waals surface area contributed by atoms with Gasteiger partial charge in [0.25, 0.3) is 0 Å². The molecule has 0 bridgehead atoms. The number of nitrogens with zero attached hydrogens (tertiary/aromatic N) is 2. The molecule has 1 aromatic heterocycles. The summed E-state index contributed by atoms with van der Waals surface area (Å²) in [5.41, 5.74) is 2.60. The topological polar surface area (TPSA) is 68.2 Å². The molecule has 2 atom stereocenters. The molecule has 1 saturated heterocycles. The average molecular weight is 385 g/mol. The molecule has 25 heavy (non-hydrogen) atoms. The smallest absolute Gasteiger partial charge is 0.229 e. The van der Waals surface area contributed by atoms with Crippen LogP contribution in [0.3, 0.4) is 0 Å². The van der Waals surface area contributed by atoms with Gasteiger partial charge in [-0.15, -0.1) is 12.4 Å². The first kappa shape index (κ1) is 19.6. The summed E-state index contributed by atoms with van der Waals surface area (Å²) in [6.45, 7) is 3.30. The third kappa shape index (κ3) is 4.08. The zero-order valence-corrected chi connectivity index (χ0v) is 15.9. The second-order valence-corrected chi connectivity index (χ2v) is 6.52. The van der Waals surface area contributed by atoms with Crippen molar-refractivity contribution in [1.82, 2.24) is 15.1 Å². The van der Waals surface area contributed by atoms with Crippen molar-refractivity contribution in [2.24, 2.45) is 13.0 Å². The van der Waals surface area contributed by atoms with Crippen LogP contribution in [-0.2, 0) is 11.8 Å². The van der Waals surface area contributed by atoms with Gasteiger partial charge in [0.2, 0.25) is 5.91 Å². The molecule has 2 N–H and O–H groups in total.